The number of rotatable bonds is 14. The molecule has 5 N–H and O–H groups in total. The van der Waals surface area contributed by atoms with Crippen LogP contribution in [0.5, 0.6) is 0 Å². The maximum absolute atomic E-state index is 12.5. The van der Waals surface area contributed by atoms with Gasteiger partial charge in [0.2, 0.25) is 11.8 Å². The second-order valence-corrected chi connectivity index (χ2v) is 8.75. The van der Waals surface area contributed by atoms with Crippen molar-refractivity contribution in [3.8, 4) is 0 Å². The molecule has 0 heterocycles. The minimum atomic E-state index is -0.162. The highest BCUT2D eigenvalue weighted by molar-refractivity contribution is 5.81. The van der Waals surface area contributed by atoms with Gasteiger partial charge in [0.15, 0.2) is 0 Å². The zero-order valence-electron chi connectivity index (χ0n) is 18.7. The zero-order valence-corrected chi connectivity index (χ0v) is 18.7. The van der Waals surface area contributed by atoms with Gasteiger partial charge in [-0.2, -0.15) is 0 Å². The Bertz CT molecular complexity index is 436. The lowest BCUT2D eigenvalue weighted by Gasteiger charge is -2.27. The molecule has 0 spiro atoms. The van der Waals surface area contributed by atoms with E-state index in [1.807, 2.05) is 27.7 Å². The molecule has 4 atom stereocenters. The summed E-state index contributed by atoms with van der Waals surface area (Å²) in [5, 5.41) is 9.45. The summed E-state index contributed by atoms with van der Waals surface area (Å²) in [6.07, 6.45) is 2.37. The van der Waals surface area contributed by atoms with Crippen molar-refractivity contribution >= 4 is 11.8 Å². The van der Waals surface area contributed by atoms with E-state index in [9.17, 15) is 9.59 Å². The molecule has 0 aliphatic heterocycles. The lowest BCUT2D eigenvalue weighted by molar-refractivity contribution is -0.128. The second-order valence-electron chi connectivity index (χ2n) is 8.75. The van der Waals surface area contributed by atoms with Crippen molar-refractivity contribution in [1.29, 1.82) is 0 Å². The van der Waals surface area contributed by atoms with Gasteiger partial charge in [0.05, 0.1) is 0 Å². The zero-order chi connectivity index (χ0) is 21.0. The van der Waals surface area contributed by atoms with E-state index in [2.05, 4.69) is 36.7 Å². The number of carbonyl (C=O) groups excluding carboxylic acids is 2. The molecule has 160 valence electrons. The Balaban J connectivity index is 4.30. The molecule has 0 aromatic heterocycles. The van der Waals surface area contributed by atoms with Gasteiger partial charge in [0.1, 0.15) is 0 Å². The first-order valence-electron chi connectivity index (χ1n) is 10.6. The van der Waals surface area contributed by atoms with Gasteiger partial charge in [-0.15, -0.1) is 0 Å². The van der Waals surface area contributed by atoms with Crippen molar-refractivity contribution in [3.05, 3.63) is 0 Å². The summed E-state index contributed by atoms with van der Waals surface area (Å²) in [4.78, 5) is 24.6. The molecule has 0 aliphatic carbocycles. The number of nitrogens with one attached hydrogen (secondary N) is 3. The van der Waals surface area contributed by atoms with Crippen LogP contribution in [-0.2, 0) is 9.59 Å². The molecular formula is C21H44N4O2. The van der Waals surface area contributed by atoms with Crippen molar-refractivity contribution in [2.24, 2.45) is 28.9 Å². The van der Waals surface area contributed by atoms with E-state index in [1.54, 1.807) is 0 Å². The minimum absolute atomic E-state index is 0.0210. The van der Waals surface area contributed by atoms with E-state index >= 15 is 0 Å². The third-order valence-electron chi connectivity index (χ3n) is 5.40. The van der Waals surface area contributed by atoms with E-state index in [0.717, 1.165) is 25.9 Å². The fourth-order valence-corrected chi connectivity index (χ4v) is 2.87. The van der Waals surface area contributed by atoms with Crippen molar-refractivity contribution in [2.45, 2.75) is 73.8 Å². The van der Waals surface area contributed by atoms with Crippen LogP contribution < -0.4 is 21.7 Å². The number of hydrogen-bond donors (Lipinski definition) is 4. The topological polar surface area (TPSA) is 96.2 Å². The fraction of sp³-hybridized carbons (Fsp3) is 0.905. The smallest absolute Gasteiger partial charge is 0.223 e. The van der Waals surface area contributed by atoms with Crippen molar-refractivity contribution in [3.63, 3.8) is 0 Å². The summed E-state index contributed by atoms with van der Waals surface area (Å²) in [6, 6.07) is 0.121. The molecule has 6 nitrogen and oxygen atoms in total. The Morgan fingerprint density at radius 2 is 1.67 bits per heavy atom. The van der Waals surface area contributed by atoms with Crippen molar-refractivity contribution in [1.82, 2.24) is 16.0 Å². The van der Waals surface area contributed by atoms with Gasteiger partial charge in [0, 0.05) is 31.0 Å². The highest BCUT2D eigenvalue weighted by atomic mass is 16.2. The summed E-state index contributed by atoms with van der Waals surface area (Å²) < 4.78 is 0. The van der Waals surface area contributed by atoms with Crippen LogP contribution in [0.25, 0.3) is 0 Å². The van der Waals surface area contributed by atoms with E-state index < -0.39 is 0 Å². The van der Waals surface area contributed by atoms with Crippen LogP contribution in [0.3, 0.4) is 0 Å². The first-order valence-corrected chi connectivity index (χ1v) is 10.6. The van der Waals surface area contributed by atoms with E-state index in [-0.39, 0.29) is 35.1 Å². The van der Waals surface area contributed by atoms with Crippen molar-refractivity contribution < 1.29 is 9.59 Å². The Morgan fingerprint density at radius 1 is 1.04 bits per heavy atom. The normalized spacial score (nSPS) is 17.1. The van der Waals surface area contributed by atoms with Gasteiger partial charge < -0.3 is 21.7 Å². The maximum Gasteiger partial charge on any atom is 0.223 e. The van der Waals surface area contributed by atoms with E-state index in [0.29, 0.717) is 25.4 Å². The van der Waals surface area contributed by atoms with E-state index in [4.69, 9.17) is 5.73 Å². The molecule has 0 saturated carbocycles. The largest absolute Gasteiger partial charge is 0.356 e. The summed E-state index contributed by atoms with van der Waals surface area (Å²) in [6.45, 7) is 17.3. The van der Waals surface area contributed by atoms with Gasteiger partial charge in [0.25, 0.3) is 0 Å². The fourth-order valence-electron chi connectivity index (χ4n) is 2.87. The molecule has 0 radical (unpaired) electrons. The number of amides is 2. The van der Waals surface area contributed by atoms with E-state index in [1.165, 1.54) is 0 Å². The highest BCUT2D eigenvalue weighted by Gasteiger charge is 2.24. The Hall–Kier alpha value is -1.14. The first kappa shape index (κ1) is 25.9. The molecule has 0 rings (SSSR count). The van der Waals surface area contributed by atoms with Gasteiger partial charge in [-0.3, -0.25) is 9.59 Å². The Kier molecular flexibility index (Phi) is 12.6. The highest BCUT2D eigenvalue weighted by Crippen LogP contribution is 2.18. The minimum Gasteiger partial charge on any atom is -0.356 e. The first-order chi connectivity index (χ1) is 12.6. The van der Waals surface area contributed by atoms with Gasteiger partial charge in [-0.1, -0.05) is 34.6 Å². The molecule has 27 heavy (non-hydrogen) atoms. The average molecular weight is 385 g/mol. The maximum atomic E-state index is 12.5. The molecule has 0 aromatic carbocycles. The second kappa shape index (κ2) is 13.1. The molecule has 0 bridgehead atoms. The molecule has 2 amide bonds. The van der Waals surface area contributed by atoms with Crippen LogP contribution in [0.2, 0.25) is 0 Å². The molecule has 0 aliphatic rings. The number of hydrogen-bond acceptors (Lipinski definition) is 4. The van der Waals surface area contributed by atoms with Gasteiger partial charge in [-0.25, -0.2) is 0 Å². The SMILES string of the molecule is CCC(CC(C)C(=O)NC(C)C)C(=O)NCC(C)CNCC(C)(CC)CN. The third-order valence-corrected chi connectivity index (χ3v) is 5.40. The summed E-state index contributed by atoms with van der Waals surface area (Å²) in [5.74, 6) is 0.123. The van der Waals surface area contributed by atoms with Crippen LogP contribution in [-0.4, -0.2) is 44.0 Å². The molecule has 0 fully saturated rings. The summed E-state index contributed by atoms with van der Waals surface area (Å²) in [5.41, 5.74) is 5.97. The van der Waals surface area contributed by atoms with Crippen LogP contribution in [0.1, 0.15) is 67.7 Å². The quantitative estimate of drug-likeness (QED) is 0.369. The van der Waals surface area contributed by atoms with Crippen LogP contribution in [0.4, 0.5) is 0 Å². The molecule has 0 saturated heterocycles. The Morgan fingerprint density at radius 3 is 2.15 bits per heavy atom. The lowest BCUT2D eigenvalue weighted by atomic mass is 9.87. The van der Waals surface area contributed by atoms with Crippen molar-refractivity contribution in [2.75, 3.05) is 26.2 Å². The predicted octanol–water partition coefficient (Wildman–Crippen LogP) is 2.28. The van der Waals surface area contributed by atoms with Gasteiger partial charge in [-0.05, 0) is 57.5 Å². The molecule has 6 heteroatoms. The summed E-state index contributed by atoms with van der Waals surface area (Å²) in [7, 11) is 0. The monoisotopic (exact) mass is 384 g/mol. The predicted molar refractivity (Wildman–Crippen MR) is 113 cm³/mol. The third kappa shape index (κ3) is 10.7. The average Bonchev–Trinajstić information content (AvgIpc) is 2.63. The number of nitrogens with two attached hydrogens (primary N) is 1. The van der Waals surface area contributed by atoms with Crippen LogP contribution in [0, 0.1) is 23.2 Å². The molecule has 0 aromatic rings. The van der Waals surface area contributed by atoms with Crippen LogP contribution >= 0.6 is 0 Å². The molecule has 4 unspecified atom stereocenters. The van der Waals surface area contributed by atoms with Crippen LogP contribution in [0.15, 0.2) is 0 Å². The standard InChI is InChI=1S/C21H44N4O2/c1-8-18(10-17(6)19(26)25-15(3)4)20(27)24-12-16(5)11-23-14-21(7,9-2)13-22/h15-18,23H,8-14,22H2,1-7H3,(H,24,27)(H,25,26). The Labute approximate surface area is 166 Å². The van der Waals surface area contributed by atoms with Gasteiger partial charge >= 0.3 is 0 Å². The number of carbonyl (C=O) groups is 2. The summed E-state index contributed by atoms with van der Waals surface area (Å²) >= 11 is 0. The lowest BCUT2D eigenvalue weighted by Crippen LogP contribution is -2.42. The molecular weight excluding hydrogens is 340 g/mol.